The lowest BCUT2D eigenvalue weighted by Crippen LogP contribution is -1.98. The minimum absolute atomic E-state index is 0.902. The van der Waals surface area contributed by atoms with Gasteiger partial charge in [-0.25, -0.2) is 4.98 Å². The van der Waals surface area contributed by atoms with Crippen molar-refractivity contribution in [1.82, 2.24) is 9.55 Å². The first-order chi connectivity index (χ1) is 24.2. The smallest absolute Gasteiger partial charge is 0.135 e. The van der Waals surface area contributed by atoms with Crippen molar-refractivity contribution in [2.45, 2.75) is 6.92 Å². The Labute approximate surface area is 283 Å². The van der Waals surface area contributed by atoms with Crippen LogP contribution in [0.1, 0.15) is 5.82 Å². The van der Waals surface area contributed by atoms with E-state index in [2.05, 4.69) is 157 Å². The number of imidazole rings is 1. The van der Waals surface area contributed by atoms with Gasteiger partial charge in [0, 0.05) is 16.5 Å². The Morgan fingerprint density at radius 1 is 0.429 bits per heavy atom. The molecule has 230 valence electrons. The average Bonchev–Trinajstić information content (AvgIpc) is 3.70. The number of hydrogen-bond acceptors (Lipinski definition) is 2. The number of para-hydroxylation sites is 3. The number of hydrogen-bond donors (Lipinski definition) is 0. The van der Waals surface area contributed by atoms with Crippen LogP contribution in [0.2, 0.25) is 0 Å². The van der Waals surface area contributed by atoms with Gasteiger partial charge in [0.2, 0.25) is 0 Å². The van der Waals surface area contributed by atoms with Crippen LogP contribution < -0.4 is 0 Å². The first kappa shape index (κ1) is 27.6. The molecule has 0 aliphatic heterocycles. The lowest BCUT2D eigenvalue weighted by Gasteiger charge is -2.19. The molecule has 0 saturated heterocycles. The molecule has 10 rings (SSSR count). The number of fused-ring (bicyclic) bond motifs is 6. The van der Waals surface area contributed by atoms with E-state index >= 15 is 0 Å². The van der Waals surface area contributed by atoms with Crippen LogP contribution in [0.25, 0.3) is 93.6 Å². The van der Waals surface area contributed by atoms with Gasteiger partial charge in [-0.1, -0.05) is 115 Å². The molecule has 2 heterocycles. The van der Waals surface area contributed by atoms with Crippen molar-refractivity contribution in [3.8, 4) is 39.1 Å². The number of aromatic nitrogens is 2. The molecular weight excluding hydrogens is 597 g/mol. The third kappa shape index (κ3) is 4.33. The molecule has 0 fully saturated rings. The number of nitrogens with zero attached hydrogens (tertiary/aromatic N) is 2. The predicted octanol–water partition coefficient (Wildman–Crippen LogP) is 12.5. The van der Waals surface area contributed by atoms with E-state index in [1.165, 1.54) is 54.9 Å². The van der Waals surface area contributed by atoms with Gasteiger partial charge in [0.25, 0.3) is 0 Å². The summed E-state index contributed by atoms with van der Waals surface area (Å²) < 4.78 is 8.50. The monoisotopic (exact) mass is 626 g/mol. The van der Waals surface area contributed by atoms with Crippen LogP contribution in [0, 0.1) is 6.92 Å². The number of aryl methyl sites for hydroxylation is 1. The molecule has 8 aromatic carbocycles. The zero-order chi connectivity index (χ0) is 32.5. The Morgan fingerprint density at radius 3 is 1.90 bits per heavy atom. The lowest BCUT2D eigenvalue weighted by molar-refractivity contribution is 0.669. The molecule has 49 heavy (non-hydrogen) atoms. The van der Waals surface area contributed by atoms with Crippen LogP contribution in [0.4, 0.5) is 0 Å². The SMILES string of the molecule is Cc1nc2ccccc2n1-c1cccc(-c2c3ccccc3c(-c3ccc4oc5ccccc5c4c3)c3cc(-c4ccccc4)ccc23)c1. The Balaban J connectivity index is 1.29. The zero-order valence-electron chi connectivity index (χ0n) is 26.9. The topological polar surface area (TPSA) is 31.0 Å². The fourth-order valence-corrected chi connectivity index (χ4v) is 7.76. The van der Waals surface area contributed by atoms with Gasteiger partial charge >= 0.3 is 0 Å². The predicted molar refractivity (Wildman–Crippen MR) is 204 cm³/mol. The van der Waals surface area contributed by atoms with Crippen molar-refractivity contribution in [3.63, 3.8) is 0 Å². The van der Waals surface area contributed by atoms with Gasteiger partial charge in [-0.3, -0.25) is 4.57 Å². The second-order valence-corrected chi connectivity index (χ2v) is 12.8. The van der Waals surface area contributed by atoms with Crippen molar-refractivity contribution in [2.75, 3.05) is 0 Å². The van der Waals surface area contributed by atoms with Crippen LogP contribution >= 0.6 is 0 Å². The molecular formula is C46H30N2O. The molecule has 0 N–H and O–H groups in total. The van der Waals surface area contributed by atoms with E-state index in [-0.39, 0.29) is 0 Å². The normalized spacial score (nSPS) is 11.8. The maximum atomic E-state index is 6.24. The highest BCUT2D eigenvalue weighted by Crippen LogP contribution is 2.46. The zero-order valence-corrected chi connectivity index (χ0v) is 26.9. The van der Waals surface area contributed by atoms with Crippen molar-refractivity contribution in [2.24, 2.45) is 0 Å². The Morgan fingerprint density at radius 2 is 1.04 bits per heavy atom. The van der Waals surface area contributed by atoms with Gasteiger partial charge in [0.15, 0.2) is 0 Å². The molecule has 3 nitrogen and oxygen atoms in total. The second-order valence-electron chi connectivity index (χ2n) is 12.8. The third-order valence-electron chi connectivity index (χ3n) is 9.92. The van der Waals surface area contributed by atoms with Crippen LogP contribution in [-0.2, 0) is 0 Å². The number of rotatable bonds is 4. The summed E-state index contributed by atoms with van der Waals surface area (Å²) in [6.07, 6.45) is 0. The van der Waals surface area contributed by atoms with E-state index in [0.29, 0.717) is 0 Å². The second kappa shape index (κ2) is 10.8. The summed E-state index contributed by atoms with van der Waals surface area (Å²) in [5.74, 6) is 0.970. The summed E-state index contributed by atoms with van der Waals surface area (Å²) in [4.78, 5) is 4.87. The molecule has 0 bridgehead atoms. The molecule has 0 amide bonds. The molecule has 10 aromatic rings. The highest BCUT2D eigenvalue weighted by molar-refractivity contribution is 6.22. The quantitative estimate of drug-likeness (QED) is 0.182. The standard InChI is InChI=1S/C46H30N2O/c1-29-47-41-19-8-9-20-42(41)48(29)34-15-11-14-32(26-34)45-36-17-5-6-18-37(36)46(40-27-31(22-24-38(40)45)30-12-3-2-4-13-30)33-23-25-44-39(28-33)35-16-7-10-21-43(35)49-44/h2-28H,1H3. The molecule has 0 unspecified atom stereocenters. The van der Waals surface area contributed by atoms with Gasteiger partial charge in [-0.15, -0.1) is 0 Å². The number of furan rings is 1. The van der Waals surface area contributed by atoms with Gasteiger partial charge in [0.1, 0.15) is 17.0 Å². The van der Waals surface area contributed by atoms with Crippen molar-refractivity contribution >= 4 is 54.5 Å². The summed E-state index contributed by atoms with van der Waals surface area (Å²) in [5, 5.41) is 7.14. The highest BCUT2D eigenvalue weighted by atomic mass is 16.3. The molecule has 0 aliphatic rings. The minimum Gasteiger partial charge on any atom is -0.456 e. The summed E-state index contributed by atoms with van der Waals surface area (Å²) in [7, 11) is 0. The van der Waals surface area contributed by atoms with Crippen LogP contribution in [0.3, 0.4) is 0 Å². The largest absolute Gasteiger partial charge is 0.456 e. The molecule has 2 aromatic heterocycles. The van der Waals surface area contributed by atoms with E-state index in [0.717, 1.165) is 44.5 Å². The van der Waals surface area contributed by atoms with Crippen molar-refractivity contribution in [3.05, 3.63) is 170 Å². The fourth-order valence-electron chi connectivity index (χ4n) is 7.76. The maximum absolute atomic E-state index is 6.24. The van der Waals surface area contributed by atoms with Gasteiger partial charge < -0.3 is 4.42 Å². The summed E-state index contributed by atoms with van der Waals surface area (Å²) >= 11 is 0. The molecule has 3 heteroatoms. The van der Waals surface area contributed by atoms with Crippen LogP contribution in [0.5, 0.6) is 0 Å². The van der Waals surface area contributed by atoms with Crippen molar-refractivity contribution < 1.29 is 4.42 Å². The maximum Gasteiger partial charge on any atom is 0.135 e. The first-order valence-corrected chi connectivity index (χ1v) is 16.7. The molecule has 0 atom stereocenters. The van der Waals surface area contributed by atoms with E-state index in [1.54, 1.807) is 0 Å². The Bertz CT molecular complexity index is 2890. The number of benzene rings is 8. The van der Waals surface area contributed by atoms with Gasteiger partial charge in [-0.05, 0) is 110 Å². The summed E-state index contributed by atoms with van der Waals surface area (Å²) in [6, 6.07) is 58.7. The Hall–Kier alpha value is -6.45. The molecule has 0 spiro atoms. The van der Waals surface area contributed by atoms with E-state index in [4.69, 9.17) is 9.40 Å². The van der Waals surface area contributed by atoms with E-state index in [9.17, 15) is 0 Å². The van der Waals surface area contributed by atoms with E-state index in [1.807, 2.05) is 18.2 Å². The molecule has 0 radical (unpaired) electrons. The van der Waals surface area contributed by atoms with E-state index < -0.39 is 0 Å². The Kier molecular flexibility index (Phi) is 6.09. The summed E-state index contributed by atoms with van der Waals surface area (Å²) in [5.41, 5.74) is 12.2. The first-order valence-electron chi connectivity index (χ1n) is 16.7. The molecule has 0 aliphatic carbocycles. The summed E-state index contributed by atoms with van der Waals surface area (Å²) in [6.45, 7) is 2.08. The van der Waals surface area contributed by atoms with Crippen LogP contribution in [-0.4, -0.2) is 9.55 Å². The fraction of sp³-hybridized carbons (Fsp3) is 0.0217. The lowest BCUT2D eigenvalue weighted by atomic mass is 9.84. The molecule has 0 saturated carbocycles. The van der Waals surface area contributed by atoms with Gasteiger partial charge in [-0.2, -0.15) is 0 Å². The highest BCUT2D eigenvalue weighted by Gasteiger charge is 2.19. The third-order valence-corrected chi connectivity index (χ3v) is 9.92. The average molecular weight is 627 g/mol. The van der Waals surface area contributed by atoms with Crippen LogP contribution in [0.15, 0.2) is 168 Å². The van der Waals surface area contributed by atoms with Gasteiger partial charge in [0.05, 0.1) is 11.0 Å². The minimum atomic E-state index is 0.902. The van der Waals surface area contributed by atoms with Crippen molar-refractivity contribution in [1.29, 1.82) is 0 Å².